The summed E-state index contributed by atoms with van der Waals surface area (Å²) in [6.07, 6.45) is -27.5. The average molecular weight is 643 g/mol. The number of hydrogen-bond donors (Lipinski definition) is 9. The van der Waals surface area contributed by atoms with Crippen molar-refractivity contribution in [3.05, 3.63) is 0 Å². The quantitative estimate of drug-likeness (QED) is 0.126. The Hall–Kier alpha value is -0.970. The van der Waals surface area contributed by atoms with Crippen molar-refractivity contribution in [1.82, 2.24) is 0 Å². The minimum atomic E-state index is -1.90. The molecule has 0 aromatic heterocycles. The first-order chi connectivity index (χ1) is 20.4. The second-order valence-corrected chi connectivity index (χ2v) is 12.3. The minimum Gasteiger partial charge on any atom is -0.388 e. The number of rotatable bonds is 7. The summed E-state index contributed by atoms with van der Waals surface area (Å²) in [7, 11) is 0. The second-order valence-electron chi connectivity index (χ2n) is 12.3. The van der Waals surface area contributed by atoms with E-state index >= 15 is 0 Å². The molecule has 44 heavy (non-hydrogen) atoms. The zero-order valence-electron chi connectivity index (χ0n) is 25.3. The lowest BCUT2D eigenvalue weighted by molar-refractivity contribution is -0.380. The number of carbonyl (C=O) groups is 1. The first-order valence-electron chi connectivity index (χ1n) is 14.6. The standard InChI is InChI=1S/C27H46O17/c1-7(28)19-22(44-26-18(35)23(36)27(6,37)11(5)40-26)15(32)17(34)25(41-19)43-21-10(4)39-24(16(33)14(21)31)42-20-9(3)38-8(2)12(29)13(20)30/h8-26,29-37H,1-6H3/t8-,9?,10?,11?,12?,13+,14-,15-,16?,17?,18?,19?,20-,21-,22+,23-,24-,25-,26-,27+/m0/s1. The lowest BCUT2D eigenvalue weighted by Gasteiger charge is -2.49. The van der Waals surface area contributed by atoms with Gasteiger partial charge in [-0.2, -0.15) is 0 Å². The molecule has 17 nitrogen and oxygen atoms in total. The summed E-state index contributed by atoms with van der Waals surface area (Å²) in [5.74, 6) is -0.679. The Morgan fingerprint density at radius 3 is 1.55 bits per heavy atom. The molecule has 17 heteroatoms. The van der Waals surface area contributed by atoms with Crippen molar-refractivity contribution in [3.8, 4) is 0 Å². The number of ketones is 1. The summed E-state index contributed by atoms with van der Waals surface area (Å²) < 4.78 is 39.4. The third-order valence-electron chi connectivity index (χ3n) is 9.02. The first kappa shape index (κ1) is 35.9. The molecule has 20 atom stereocenters. The topological polar surface area (TPSA) is 264 Å². The van der Waals surface area contributed by atoms with E-state index in [2.05, 4.69) is 0 Å². The van der Waals surface area contributed by atoms with Crippen molar-refractivity contribution >= 4 is 5.78 Å². The molecule has 4 fully saturated rings. The van der Waals surface area contributed by atoms with Crippen LogP contribution in [-0.4, -0.2) is 174 Å². The zero-order valence-corrected chi connectivity index (χ0v) is 25.3. The SMILES string of the molecule is CC(=O)C1O[C@@H](O[C@H]2C(C)O[C@@H](O[C@H]3C(C)O[C@@H](C)C(O)[C@H]3O)C(O)[C@@H]2O)C(O)[C@H](O)[C@H]1O[C@@H]1OC(C)[C@@](C)(O)[C@@H](O)C1O. The van der Waals surface area contributed by atoms with E-state index in [1.807, 2.05) is 0 Å². The molecular formula is C27H46O17. The van der Waals surface area contributed by atoms with Gasteiger partial charge in [0, 0.05) is 0 Å². The van der Waals surface area contributed by atoms with Gasteiger partial charge in [0.25, 0.3) is 0 Å². The van der Waals surface area contributed by atoms with Gasteiger partial charge in [0.05, 0.1) is 24.4 Å². The van der Waals surface area contributed by atoms with Crippen molar-refractivity contribution in [3.63, 3.8) is 0 Å². The van der Waals surface area contributed by atoms with Crippen LogP contribution in [0.25, 0.3) is 0 Å². The molecule has 0 saturated carbocycles. The van der Waals surface area contributed by atoms with Crippen LogP contribution in [0.4, 0.5) is 0 Å². The third-order valence-corrected chi connectivity index (χ3v) is 9.02. The maximum Gasteiger partial charge on any atom is 0.187 e. The van der Waals surface area contributed by atoms with Crippen LogP contribution in [0.15, 0.2) is 0 Å². The van der Waals surface area contributed by atoms with Crippen LogP contribution in [0, 0.1) is 0 Å². The molecule has 0 spiro atoms. The van der Waals surface area contributed by atoms with Gasteiger partial charge in [0.15, 0.2) is 24.7 Å². The van der Waals surface area contributed by atoms with Gasteiger partial charge in [-0.3, -0.25) is 4.79 Å². The van der Waals surface area contributed by atoms with Gasteiger partial charge in [0.2, 0.25) is 0 Å². The summed E-state index contributed by atoms with van der Waals surface area (Å²) in [6.45, 7) is 8.40. The number of Topliss-reactive ketones (excluding diaryl/α,β-unsaturated/α-hetero) is 1. The van der Waals surface area contributed by atoms with Gasteiger partial charge in [-0.05, 0) is 41.5 Å². The molecule has 4 rings (SSSR count). The highest BCUT2D eigenvalue weighted by Crippen LogP contribution is 2.35. The highest BCUT2D eigenvalue weighted by Gasteiger charge is 2.56. The molecular weight excluding hydrogens is 596 g/mol. The molecule has 4 saturated heterocycles. The van der Waals surface area contributed by atoms with E-state index in [1.54, 1.807) is 13.8 Å². The molecule has 4 heterocycles. The number of aliphatic hydroxyl groups is 9. The lowest BCUT2D eigenvalue weighted by atomic mass is 9.86. The molecule has 0 aromatic carbocycles. The monoisotopic (exact) mass is 642 g/mol. The Balaban J connectivity index is 1.43. The van der Waals surface area contributed by atoms with E-state index < -0.39 is 128 Å². The van der Waals surface area contributed by atoms with Crippen LogP contribution in [0.5, 0.6) is 0 Å². The molecule has 8 unspecified atom stereocenters. The van der Waals surface area contributed by atoms with Gasteiger partial charge < -0.3 is 79.1 Å². The Morgan fingerprint density at radius 2 is 1.00 bits per heavy atom. The molecule has 0 amide bonds. The van der Waals surface area contributed by atoms with Crippen LogP contribution < -0.4 is 0 Å². The van der Waals surface area contributed by atoms with Crippen LogP contribution in [-0.2, 0) is 38.0 Å². The fraction of sp³-hybridized carbons (Fsp3) is 0.963. The van der Waals surface area contributed by atoms with Crippen LogP contribution in [0.3, 0.4) is 0 Å². The molecule has 9 N–H and O–H groups in total. The Kier molecular flexibility index (Phi) is 11.1. The normalized spacial score (nSPS) is 55.5. The van der Waals surface area contributed by atoms with Crippen molar-refractivity contribution in [2.24, 2.45) is 0 Å². The lowest BCUT2D eigenvalue weighted by Crippen LogP contribution is -2.68. The molecule has 256 valence electrons. The fourth-order valence-corrected chi connectivity index (χ4v) is 5.90. The number of ether oxygens (including phenoxy) is 7. The Bertz CT molecular complexity index is 984. The molecule has 4 aliphatic heterocycles. The van der Waals surface area contributed by atoms with Crippen molar-refractivity contribution in [2.75, 3.05) is 0 Å². The van der Waals surface area contributed by atoms with Gasteiger partial charge >= 0.3 is 0 Å². The molecule has 0 bridgehead atoms. The number of hydrogen-bond acceptors (Lipinski definition) is 17. The highest BCUT2D eigenvalue weighted by molar-refractivity contribution is 5.81. The largest absolute Gasteiger partial charge is 0.388 e. The Morgan fingerprint density at radius 1 is 0.568 bits per heavy atom. The van der Waals surface area contributed by atoms with Crippen molar-refractivity contribution in [1.29, 1.82) is 0 Å². The number of aliphatic hydroxyl groups excluding tert-OH is 8. The van der Waals surface area contributed by atoms with Crippen molar-refractivity contribution in [2.45, 2.75) is 164 Å². The maximum atomic E-state index is 12.5. The number of carbonyl (C=O) groups excluding carboxylic acids is 1. The van der Waals surface area contributed by atoms with E-state index in [0.717, 1.165) is 6.92 Å². The van der Waals surface area contributed by atoms with Gasteiger partial charge in [-0.15, -0.1) is 0 Å². The van der Waals surface area contributed by atoms with E-state index in [4.69, 9.17) is 33.2 Å². The zero-order chi connectivity index (χ0) is 33.0. The minimum absolute atomic E-state index is 0.674. The summed E-state index contributed by atoms with van der Waals surface area (Å²) in [5.41, 5.74) is -1.84. The van der Waals surface area contributed by atoms with E-state index in [1.165, 1.54) is 20.8 Å². The average Bonchev–Trinajstić information content (AvgIpc) is 2.95. The van der Waals surface area contributed by atoms with Crippen LogP contribution in [0.2, 0.25) is 0 Å². The first-order valence-corrected chi connectivity index (χ1v) is 14.6. The smallest absolute Gasteiger partial charge is 0.187 e. The van der Waals surface area contributed by atoms with Gasteiger partial charge in [-0.25, -0.2) is 0 Å². The van der Waals surface area contributed by atoms with Gasteiger partial charge in [-0.1, -0.05) is 0 Å². The summed E-state index contributed by atoms with van der Waals surface area (Å²) >= 11 is 0. The second kappa shape index (κ2) is 13.6. The molecule has 0 radical (unpaired) electrons. The van der Waals surface area contributed by atoms with Crippen LogP contribution >= 0.6 is 0 Å². The van der Waals surface area contributed by atoms with Gasteiger partial charge in [0.1, 0.15) is 78.8 Å². The third kappa shape index (κ3) is 6.70. The Labute approximate surface area is 253 Å². The van der Waals surface area contributed by atoms with Crippen LogP contribution in [0.1, 0.15) is 41.5 Å². The molecule has 4 aliphatic rings. The summed E-state index contributed by atoms with van der Waals surface area (Å²) in [6, 6.07) is 0. The van der Waals surface area contributed by atoms with Crippen molar-refractivity contribution < 1.29 is 83.9 Å². The summed E-state index contributed by atoms with van der Waals surface area (Å²) in [4.78, 5) is 12.5. The summed E-state index contributed by atoms with van der Waals surface area (Å²) in [5, 5.41) is 95.4. The maximum absolute atomic E-state index is 12.5. The van der Waals surface area contributed by atoms with E-state index in [0.29, 0.717) is 0 Å². The van der Waals surface area contributed by atoms with E-state index in [-0.39, 0.29) is 0 Å². The molecule has 0 aliphatic carbocycles. The molecule has 0 aromatic rings. The van der Waals surface area contributed by atoms with E-state index in [9.17, 15) is 50.8 Å². The predicted molar refractivity (Wildman–Crippen MR) is 141 cm³/mol. The fourth-order valence-electron chi connectivity index (χ4n) is 5.90. The predicted octanol–water partition coefficient (Wildman–Crippen LogP) is -4.61. The highest BCUT2D eigenvalue weighted by atomic mass is 16.8.